The third kappa shape index (κ3) is 2.28. The average molecular weight is 196 g/mol. The molecule has 1 N–H and O–H groups in total. The molecule has 80 valence electrons. The van der Waals surface area contributed by atoms with Crippen molar-refractivity contribution in [3.63, 3.8) is 0 Å². The normalized spacial score (nSPS) is 12.0. The molecule has 0 aliphatic heterocycles. The van der Waals surface area contributed by atoms with Crippen LogP contribution in [0.1, 0.15) is 46.2 Å². The van der Waals surface area contributed by atoms with E-state index < -0.39 is 0 Å². The van der Waals surface area contributed by atoms with Gasteiger partial charge in [-0.2, -0.15) is 5.10 Å². The van der Waals surface area contributed by atoms with E-state index in [1.165, 1.54) is 6.20 Å². The molecule has 1 aromatic rings. The van der Waals surface area contributed by atoms with Gasteiger partial charge in [-0.15, -0.1) is 0 Å². The molecular formula is C11H20N2O. The summed E-state index contributed by atoms with van der Waals surface area (Å²) in [6.07, 6.45) is 4.67. The molecule has 1 rings (SSSR count). The fraction of sp³-hybridized carbons (Fsp3) is 0.727. The molecule has 0 amide bonds. The van der Waals surface area contributed by atoms with Gasteiger partial charge in [0.25, 0.3) is 0 Å². The zero-order valence-corrected chi connectivity index (χ0v) is 9.54. The maximum atomic E-state index is 9.64. The second-order valence-corrected chi connectivity index (χ2v) is 4.66. The molecule has 0 aromatic carbocycles. The Bertz CT molecular complexity index is 297. The predicted molar refractivity (Wildman–Crippen MR) is 57.5 cm³/mol. The molecule has 0 unspecified atom stereocenters. The smallest absolute Gasteiger partial charge is 0.156 e. The summed E-state index contributed by atoms with van der Waals surface area (Å²) in [4.78, 5) is 0. The molecule has 3 heteroatoms. The maximum absolute atomic E-state index is 9.64. The standard InChI is InChI=1S/C11H20N2O/c1-5-6-7-9-10(14)8-12-13(9)11(2,3)4/h8,14H,5-7H2,1-4H3. The third-order valence-corrected chi connectivity index (χ3v) is 2.25. The summed E-state index contributed by atoms with van der Waals surface area (Å²) in [5.41, 5.74) is 0.906. The van der Waals surface area contributed by atoms with Gasteiger partial charge in [0.1, 0.15) is 0 Å². The zero-order chi connectivity index (χ0) is 10.8. The Morgan fingerprint density at radius 3 is 2.57 bits per heavy atom. The first-order chi connectivity index (χ1) is 6.46. The minimum Gasteiger partial charge on any atom is -0.504 e. The number of nitrogens with zero attached hydrogens (tertiary/aromatic N) is 2. The van der Waals surface area contributed by atoms with Gasteiger partial charge in [0.15, 0.2) is 5.75 Å². The summed E-state index contributed by atoms with van der Waals surface area (Å²) >= 11 is 0. The monoisotopic (exact) mass is 196 g/mol. The van der Waals surface area contributed by atoms with Crippen LogP contribution in [0, 0.1) is 0 Å². The first-order valence-corrected chi connectivity index (χ1v) is 5.23. The molecule has 0 atom stereocenters. The Morgan fingerprint density at radius 2 is 2.07 bits per heavy atom. The van der Waals surface area contributed by atoms with Crippen LogP contribution < -0.4 is 0 Å². The van der Waals surface area contributed by atoms with Gasteiger partial charge < -0.3 is 5.11 Å². The summed E-state index contributed by atoms with van der Waals surface area (Å²) in [5, 5.41) is 13.8. The quantitative estimate of drug-likeness (QED) is 0.807. The van der Waals surface area contributed by atoms with Gasteiger partial charge in [0.05, 0.1) is 17.4 Å². The number of unbranched alkanes of at least 4 members (excludes halogenated alkanes) is 1. The van der Waals surface area contributed by atoms with Gasteiger partial charge in [-0.1, -0.05) is 13.3 Å². The molecule has 0 aliphatic rings. The van der Waals surface area contributed by atoms with Crippen molar-refractivity contribution in [1.82, 2.24) is 9.78 Å². The van der Waals surface area contributed by atoms with Gasteiger partial charge in [0, 0.05) is 0 Å². The molecule has 3 nitrogen and oxygen atoms in total. The molecule has 1 aromatic heterocycles. The molecule has 0 saturated carbocycles. The number of aromatic hydroxyl groups is 1. The lowest BCUT2D eigenvalue weighted by atomic mass is 10.1. The van der Waals surface area contributed by atoms with E-state index in [-0.39, 0.29) is 5.54 Å². The van der Waals surface area contributed by atoms with Gasteiger partial charge in [0.2, 0.25) is 0 Å². The summed E-state index contributed by atoms with van der Waals surface area (Å²) in [6.45, 7) is 8.42. The van der Waals surface area contributed by atoms with E-state index in [0.717, 1.165) is 25.0 Å². The maximum Gasteiger partial charge on any atom is 0.156 e. The average Bonchev–Trinajstić information content (AvgIpc) is 2.42. The fourth-order valence-corrected chi connectivity index (χ4v) is 1.52. The highest BCUT2D eigenvalue weighted by Gasteiger charge is 2.19. The van der Waals surface area contributed by atoms with Crippen LogP contribution >= 0.6 is 0 Å². The number of rotatable bonds is 3. The molecule has 0 bridgehead atoms. The Labute approximate surface area is 85.8 Å². The summed E-state index contributed by atoms with van der Waals surface area (Å²) < 4.78 is 1.91. The van der Waals surface area contributed by atoms with Crippen LogP contribution in [-0.4, -0.2) is 14.9 Å². The van der Waals surface area contributed by atoms with E-state index in [1.807, 2.05) is 4.68 Å². The zero-order valence-electron chi connectivity index (χ0n) is 9.54. The van der Waals surface area contributed by atoms with Crippen LogP contribution in [0.25, 0.3) is 0 Å². The van der Waals surface area contributed by atoms with Crippen molar-refractivity contribution in [3.05, 3.63) is 11.9 Å². The van der Waals surface area contributed by atoms with Gasteiger partial charge in [-0.25, -0.2) is 0 Å². The van der Waals surface area contributed by atoms with Crippen molar-refractivity contribution < 1.29 is 5.11 Å². The van der Waals surface area contributed by atoms with Crippen LogP contribution in [0.4, 0.5) is 0 Å². The van der Waals surface area contributed by atoms with Crippen LogP contribution in [0.15, 0.2) is 6.20 Å². The Hall–Kier alpha value is -0.990. The van der Waals surface area contributed by atoms with Crippen LogP contribution in [0.5, 0.6) is 5.75 Å². The molecule has 1 heterocycles. The predicted octanol–water partition coefficient (Wildman–Crippen LogP) is 2.69. The second-order valence-electron chi connectivity index (χ2n) is 4.66. The molecule has 0 saturated heterocycles. The molecule has 0 radical (unpaired) electrons. The van der Waals surface area contributed by atoms with Gasteiger partial charge in [-0.3, -0.25) is 4.68 Å². The highest BCUT2D eigenvalue weighted by Crippen LogP contribution is 2.24. The first-order valence-electron chi connectivity index (χ1n) is 5.23. The lowest BCUT2D eigenvalue weighted by Gasteiger charge is -2.22. The van der Waals surface area contributed by atoms with Crippen LogP contribution in [0.3, 0.4) is 0 Å². The van der Waals surface area contributed by atoms with E-state index in [9.17, 15) is 5.11 Å². The van der Waals surface area contributed by atoms with Crippen molar-refractivity contribution in [2.75, 3.05) is 0 Å². The second kappa shape index (κ2) is 4.03. The Morgan fingerprint density at radius 1 is 1.43 bits per heavy atom. The third-order valence-electron chi connectivity index (χ3n) is 2.25. The number of hydrogen-bond acceptors (Lipinski definition) is 2. The summed E-state index contributed by atoms with van der Waals surface area (Å²) in [6, 6.07) is 0. The number of hydrogen-bond donors (Lipinski definition) is 1. The van der Waals surface area contributed by atoms with E-state index in [1.54, 1.807) is 0 Å². The highest BCUT2D eigenvalue weighted by molar-refractivity contribution is 5.24. The molecule has 0 aliphatic carbocycles. The van der Waals surface area contributed by atoms with Gasteiger partial charge in [-0.05, 0) is 33.6 Å². The SMILES string of the molecule is CCCCc1c(O)cnn1C(C)(C)C. The van der Waals surface area contributed by atoms with Crippen molar-refractivity contribution >= 4 is 0 Å². The van der Waals surface area contributed by atoms with Crippen molar-refractivity contribution in [1.29, 1.82) is 0 Å². The van der Waals surface area contributed by atoms with Crippen molar-refractivity contribution in [3.8, 4) is 5.75 Å². The van der Waals surface area contributed by atoms with E-state index in [4.69, 9.17) is 0 Å². The molecular weight excluding hydrogens is 176 g/mol. The van der Waals surface area contributed by atoms with Gasteiger partial charge >= 0.3 is 0 Å². The summed E-state index contributed by atoms with van der Waals surface area (Å²) in [5.74, 6) is 0.327. The Kier molecular flexibility index (Phi) is 3.19. The minimum atomic E-state index is -0.0515. The highest BCUT2D eigenvalue weighted by atomic mass is 16.3. The molecule has 0 spiro atoms. The largest absolute Gasteiger partial charge is 0.504 e. The van der Waals surface area contributed by atoms with E-state index >= 15 is 0 Å². The molecule has 0 fully saturated rings. The van der Waals surface area contributed by atoms with Crippen LogP contribution in [-0.2, 0) is 12.0 Å². The Balaban J connectivity index is 2.94. The van der Waals surface area contributed by atoms with Crippen molar-refractivity contribution in [2.45, 2.75) is 52.5 Å². The van der Waals surface area contributed by atoms with E-state index in [0.29, 0.717) is 5.75 Å². The van der Waals surface area contributed by atoms with Crippen LogP contribution in [0.2, 0.25) is 0 Å². The topological polar surface area (TPSA) is 38.1 Å². The fourth-order valence-electron chi connectivity index (χ4n) is 1.52. The summed E-state index contributed by atoms with van der Waals surface area (Å²) in [7, 11) is 0. The lowest BCUT2D eigenvalue weighted by molar-refractivity contribution is 0.338. The lowest BCUT2D eigenvalue weighted by Crippen LogP contribution is -2.25. The van der Waals surface area contributed by atoms with Crippen molar-refractivity contribution in [2.24, 2.45) is 0 Å². The first kappa shape index (κ1) is 11.1. The van der Waals surface area contributed by atoms with E-state index in [2.05, 4.69) is 32.8 Å². The molecule has 14 heavy (non-hydrogen) atoms. The number of aromatic nitrogens is 2. The minimum absolute atomic E-state index is 0.0515.